The van der Waals surface area contributed by atoms with Crippen molar-refractivity contribution in [1.82, 2.24) is 0 Å². The molecule has 8 atom stereocenters. The first kappa shape index (κ1) is 17.2. The summed E-state index contributed by atoms with van der Waals surface area (Å²) in [7, 11) is 0. The fourth-order valence-electron chi connectivity index (χ4n) is 7.56. The Hall–Kier alpha value is -1.22. The summed E-state index contributed by atoms with van der Waals surface area (Å²) in [6, 6.07) is 0. The largest absolute Gasteiger partial charge is 0.393 e. The number of rotatable bonds is 1. The van der Waals surface area contributed by atoms with Gasteiger partial charge in [0.05, 0.1) is 6.10 Å². The van der Waals surface area contributed by atoms with E-state index in [1.54, 1.807) is 19.1 Å². The van der Waals surface area contributed by atoms with Crippen LogP contribution in [0.15, 0.2) is 23.8 Å². The van der Waals surface area contributed by atoms with Gasteiger partial charge in [0.2, 0.25) is 0 Å². The van der Waals surface area contributed by atoms with E-state index in [2.05, 4.69) is 20.8 Å². The fourth-order valence-corrected chi connectivity index (χ4v) is 7.56. The van der Waals surface area contributed by atoms with E-state index >= 15 is 0 Å². The lowest BCUT2D eigenvalue weighted by Gasteiger charge is -2.58. The Morgan fingerprint density at radius 1 is 1.32 bits per heavy atom. The first-order valence-electron chi connectivity index (χ1n) is 9.81. The smallest absolute Gasteiger partial charge is 0.178 e. The topological polar surface area (TPSA) is 54.4 Å². The molecule has 4 aliphatic rings. The molecule has 0 aromatic rings. The SMILES string of the molecule is CC(=O)[C@H]1[C@H](C)C[C@H]2[C@@H]3CCC4=CC(=O)C=C[C@]4(C)[C@H]3[C@H](O)C[C@@]21C. The van der Waals surface area contributed by atoms with Crippen LogP contribution in [0.25, 0.3) is 0 Å². The highest BCUT2D eigenvalue weighted by molar-refractivity contribution is 6.01. The number of aliphatic hydroxyl groups is 1. The molecule has 0 aromatic carbocycles. The van der Waals surface area contributed by atoms with Crippen LogP contribution in [0.2, 0.25) is 0 Å². The van der Waals surface area contributed by atoms with Gasteiger partial charge >= 0.3 is 0 Å². The van der Waals surface area contributed by atoms with E-state index in [4.69, 9.17) is 0 Å². The summed E-state index contributed by atoms with van der Waals surface area (Å²) in [6.45, 7) is 8.39. The van der Waals surface area contributed by atoms with Crippen molar-refractivity contribution in [3.05, 3.63) is 23.8 Å². The third-order valence-corrected chi connectivity index (χ3v) is 8.27. The van der Waals surface area contributed by atoms with Crippen molar-refractivity contribution in [3.8, 4) is 0 Å². The molecule has 0 saturated heterocycles. The van der Waals surface area contributed by atoms with E-state index < -0.39 is 6.10 Å². The molecule has 3 fully saturated rings. The molecule has 0 aliphatic heterocycles. The molecule has 0 aromatic heterocycles. The molecule has 3 nitrogen and oxygen atoms in total. The molecular formula is C22H30O3. The van der Waals surface area contributed by atoms with Crippen LogP contribution in [0.1, 0.15) is 53.4 Å². The van der Waals surface area contributed by atoms with Crippen molar-refractivity contribution in [1.29, 1.82) is 0 Å². The standard InChI is InChI=1S/C22H30O3/c1-12-9-17-16-6-5-14-10-15(24)7-8-21(14,3)20(16)18(25)11-22(17,4)19(12)13(2)23/h7-8,10,12,16-20,25H,5-6,9,11H2,1-4H3/t12-,16+,17+,18-,19-,20-,21+,22+/m1/s1. The first-order chi connectivity index (χ1) is 11.7. The number of allylic oxidation sites excluding steroid dienone is 4. The number of carbonyl (C=O) groups excluding carboxylic acids is 2. The monoisotopic (exact) mass is 342 g/mol. The van der Waals surface area contributed by atoms with E-state index in [1.807, 2.05) is 6.08 Å². The Labute approximate surface area is 150 Å². The zero-order valence-corrected chi connectivity index (χ0v) is 15.8. The first-order valence-corrected chi connectivity index (χ1v) is 9.81. The lowest BCUT2D eigenvalue weighted by atomic mass is 9.46. The van der Waals surface area contributed by atoms with Crippen LogP contribution >= 0.6 is 0 Å². The van der Waals surface area contributed by atoms with Crippen molar-refractivity contribution >= 4 is 11.6 Å². The molecule has 0 bridgehead atoms. The maximum absolute atomic E-state index is 12.4. The Morgan fingerprint density at radius 2 is 2.04 bits per heavy atom. The molecule has 25 heavy (non-hydrogen) atoms. The number of ketones is 2. The van der Waals surface area contributed by atoms with Gasteiger partial charge in [-0.05, 0) is 67.9 Å². The van der Waals surface area contributed by atoms with Gasteiger partial charge in [0, 0.05) is 17.3 Å². The van der Waals surface area contributed by atoms with Gasteiger partial charge in [-0.15, -0.1) is 0 Å². The van der Waals surface area contributed by atoms with E-state index in [-0.39, 0.29) is 34.2 Å². The summed E-state index contributed by atoms with van der Waals surface area (Å²) in [4.78, 5) is 24.2. The minimum Gasteiger partial charge on any atom is -0.393 e. The van der Waals surface area contributed by atoms with Gasteiger partial charge in [-0.3, -0.25) is 9.59 Å². The van der Waals surface area contributed by atoms with Crippen LogP contribution in [0.4, 0.5) is 0 Å². The highest BCUT2D eigenvalue weighted by atomic mass is 16.3. The molecule has 0 radical (unpaired) electrons. The second kappa shape index (κ2) is 5.39. The second-order valence-corrected chi connectivity index (χ2v) is 9.60. The quantitative estimate of drug-likeness (QED) is 0.790. The van der Waals surface area contributed by atoms with E-state index in [0.29, 0.717) is 24.2 Å². The molecule has 0 unspecified atom stereocenters. The average Bonchev–Trinajstić information content (AvgIpc) is 2.77. The lowest BCUT2D eigenvalue weighted by Crippen LogP contribution is -2.56. The highest BCUT2D eigenvalue weighted by Crippen LogP contribution is 2.67. The predicted octanol–water partition coefficient (Wildman–Crippen LogP) is 3.72. The maximum Gasteiger partial charge on any atom is 0.178 e. The van der Waals surface area contributed by atoms with Gasteiger partial charge in [-0.1, -0.05) is 32.4 Å². The van der Waals surface area contributed by atoms with Crippen LogP contribution in [-0.2, 0) is 9.59 Å². The van der Waals surface area contributed by atoms with Gasteiger partial charge in [0.15, 0.2) is 5.78 Å². The van der Waals surface area contributed by atoms with Gasteiger partial charge in [-0.25, -0.2) is 0 Å². The minimum absolute atomic E-state index is 0.0707. The van der Waals surface area contributed by atoms with Crippen LogP contribution in [0.3, 0.4) is 0 Å². The molecule has 0 heterocycles. The molecule has 136 valence electrons. The summed E-state index contributed by atoms with van der Waals surface area (Å²) < 4.78 is 0. The molecule has 3 saturated carbocycles. The zero-order chi connectivity index (χ0) is 18.1. The molecule has 4 rings (SSSR count). The van der Waals surface area contributed by atoms with Gasteiger partial charge < -0.3 is 5.11 Å². The van der Waals surface area contributed by atoms with Crippen molar-refractivity contribution in [3.63, 3.8) is 0 Å². The lowest BCUT2D eigenvalue weighted by molar-refractivity contribution is -0.138. The van der Waals surface area contributed by atoms with Crippen molar-refractivity contribution in [2.24, 2.45) is 40.4 Å². The Morgan fingerprint density at radius 3 is 2.72 bits per heavy atom. The van der Waals surface area contributed by atoms with Crippen LogP contribution in [0, 0.1) is 40.4 Å². The summed E-state index contributed by atoms with van der Waals surface area (Å²) >= 11 is 0. The number of hydrogen-bond donors (Lipinski definition) is 1. The van der Waals surface area contributed by atoms with Crippen molar-refractivity contribution in [2.75, 3.05) is 0 Å². The molecule has 0 spiro atoms. The summed E-state index contributed by atoms with van der Waals surface area (Å²) in [5, 5.41) is 11.2. The summed E-state index contributed by atoms with van der Waals surface area (Å²) in [5.74, 6) is 1.91. The number of aliphatic hydroxyl groups excluding tert-OH is 1. The number of hydrogen-bond acceptors (Lipinski definition) is 3. The van der Waals surface area contributed by atoms with Crippen molar-refractivity contribution in [2.45, 2.75) is 59.5 Å². The highest BCUT2D eigenvalue weighted by Gasteiger charge is 2.63. The van der Waals surface area contributed by atoms with Crippen LogP contribution in [-0.4, -0.2) is 22.8 Å². The third-order valence-electron chi connectivity index (χ3n) is 8.27. The summed E-state index contributed by atoms with van der Waals surface area (Å²) in [5.41, 5.74) is 0.894. The fraction of sp³-hybridized carbons (Fsp3) is 0.727. The normalized spacial score (nSPS) is 51.4. The molecule has 3 heteroatoms. The Bertz CT molecular complexity index is 689. The second-order valence-electron chi connectivity index (χ2n) is 9.60. The third kappa shape index (κ3) is 2.21. The summed E-state index contributed by atoms with van der Waals surface area (Å²) in [6.07, 6.45) is 8.88. The van der Waals surface area contributed by atoms with Crippen LogP contribution in [0.5, 0.6) is 0 Å². The molecule has 1 N–H and O–H groups in total. The van der Waals surface area contributed by atoms with E-state index in [0.717, 1.165) is 19.3 Å². The van der Waals surface area contributed by atoms with Gasteiger partial charge in [0.25, 0.3) is 0 Å². The van der Waals surface area contributed by atoms with Gasteiger partial charge in [0.1, 0.15) is 5.78 Å². The number of carbonyl (C=O) groups is 2. The zero-order valence-electron chi connectivity index (χ0n) is 15.8. The average molecular weight is 342 g/mol. The molecule has 4 aliphatic carbocycles. The predicted molar refractivity (Wildman–Crippen MR) is 96.7 cm³/mol. The van der Waals surface area contributed by atoms with Crippen LogP contribution < -0.4 is 0 Å². The van der Waals surface area contributed by atoms with Crippen molar-refractivity contribution < 1.29 is 14.7 Å². The Balaban J connectivity index is 1.76. The molecule has 0 amide bonds. The number of Topliss-reactive ketones (excluding diaryl/α,β-unsaturated/α-hetero) is 1. The van der Waals surface area contributed by atoms with Gasteiger partial charge in [-0.2, -0.15) is 0 Å². The minimum atomic E-state index is -0.412. The van der Waals surface area contributed by atoms with E-state index in [9.17, 15) is 14.7 Å². The number of fused-ring (bicyclic) bond motifs is 5. The maximum atomic E-state index is 12.4. The van der Waals surface area contributed by atoms with E-state index in [1.165, 1.54) is 5.57 Å². The molecular weight excluding hydrogens is 312 g/mol. The Kier molecular flexibility index (Phi) is 3.71.